The molecule has 11 nitrogen and oxygen atoms in total. The van der Waals surface area contributed by atoms with E-state index in [1.807, 2.05) is 32.3 Å². The van der Waals surface area contributed by atoms with Crippen LogP contribution in [-0.4, -0.2) is 90.6 Å². The zero-order chi connectivity index (χ0) is 24.7. The first kappa shape index (κ1) is 24.2. The second kappa shape index (κ2) is 9.84. The molecule has 0 amide bonds. The van der Waals surface area contributed by atoms with Crippen molar-refractivity contribution in [3.8, 4) is 0 Å². The molecule has 4 heterocycles. The number of hydrogen-bond acceptors (Lipinski definition) is 12. The Labute approximate surface area is 209 Å². The second-order valence-electron chi connectivity index (χ2n) is 8.62. The first-order valence-corrected chi connectivity index (χ1v) is 12.9. The van der Waals surface area contributed by atoms with Gasteiger partial charge in [0.05, 0.1) is 23.2 Å². The molecule has 4 N–H and O–H groups in total. The van der Waals surface area contributed by atoms with Crippen molar-refractivity contribution in [3.63, 3.8) is 0 Å². The van der Waals surface area contributed by atoms with E-state index in [1.54, 1.807) is 32.6 Å². The van der Waals surface area contributed by atoms with Gasteiger partial charge in [-0.05, 0) is 19.1 Å². The van der Waals surface area contributed by atoms with Crippen LogP contribution in [0.4, 0.5) is 11.8 Å². The third-order valence-electron chi connectivity index (χ3n) is 5.72. The molecule has 186 valence electrons. The molecule has 35 heavy (non-hydrogen) atoms. The van der Waals surface area contributed by atoms with Gasteiger partial charge in [0.25, 0.3) is 0 Å². The summed E-state index contributed by atoms with van der Waals surface area (Å²) >= 11 is 3.35. The van der Waals surface area contributed by atoms with Crippen molar-refractivity contribution < 1.29 is 20.1 Å². The van der Waals surface area contributed by atoms with Crippen LogP contribution >= 0.6 is 23.1 Å². The molecule has 3 aromatic heterocycles. The Morgan fingerprint density at radius 3 is 2.71 bits per heavy atom. The third kappa shape index (κ3) is 4.67. The van der Waals surface area contributed by atoms with E-state index in [2.05, 4.69) is 38.2 Å². The van der Waals surface area contributed by atoms with Crippen molar-refractivity contribution in [1.29, 1.82) is 0 Å². The first-order valence-electron chi connectivity index (χ1n) is 11.1. The Balaban J connectivity index is 1.39. The lowest BCUT2D eigenvalue weighted by molar-refractivity contribution is -0.0511. The molecule has 1 fully saturated rings. The fourth-order valence-electron chi connectivity index (χ4n) is 3.89. The zero-order valence-electron chi connectivity index (χ0n) is 19.4. The molecule has 0 bridgehead atoms. The van der Waals surface area contributed by atoms with Crippen LogP contribution in [0.5, 0.6) is 0 Å². The van der Waals surface area contributed by atoms with E-state index in [0.29, 0.717) is 22.9 Å². The standard InChI is InChI=1S/C22H27N7O4S2/c1-11(9-34-22-25-12-6-4-5-7-14(12)35-22)24-18-15-19(27-21(26-18)28(2)3)29(10-23-15)20-17(32)16(31)13(8-30)33-20/h4-7,10-11,13,16-17,20,30-32H,8-9H2,1-3H3,(H,24,26,27)/t11-,13-,16?,17?,20-/m1/s1. The lowest BCUT2D eigenvalue weighted by Gasteiger charge is -2.19. The van der Waals surface area contributed by atoms with Gasteiger partial charge in [0.15, 0.2) is 27.5 Å². The number of aliphatic hydroxyl groups is 3. The van der Waals surface area contributed by atoms with Gasteiger partial charge in [-0.2, -0.15) is 9.97 Å². The number of anilines is 2. The molecule has 0 aliphatic carbocycles. The summed E-state index contributed by atoms with van der Waals surface area (Å²) in [6.07, 6.45) is -2.76. The first-order chi connectivity index (χ1) is 16.9. The number of benzene rings is 1. The summed E-state index contributed by atoms with van der Waals surface area (Å²) < 4.78 is 9.43. The Kier molecular flexibility index (Phi) is 6.79. The minimum absolute atomic E-state index is 0.0409. The van der Waals surface area contributed by atoms with Gasteiger partial charge < -0.3 is 30.3 Å². The molecule has 2 unspecified atom stereocenters. The van der Waals surface area contributed by atoms with Crippen LogP contribution in [0.1, 0.15) is 13.2 Å². The maximum atomic E-state index is 10.5. The van der Waals surface area contributed by atoms with Crippen molar-refractivity contribution in [1.82, 2.24) is 24.5 Å². The monoisotopic (exact) mass is 517 g/mol. The third-order valence-corrected chi connectivity index (χ3v) is 8.15. The van der Waals surface area contributed by atoms with E-state index >= 15 is 0 Å². The number of thiazole rings is 1. The van der Waals surface area contributed by atoms with Gasteiger partial charge in [0, 0.05) is 25.9 Å². The Morgan fingerprint density at radius 1 is 1.20 bits per heavy atom. The average molecular weight is 518 g/mol. The SMILES string of the molecule is C[C@H](CSc1nc2ccccc2s1)Nc1nc(N(C)C)nc2c1ncn2[C@@H]1O[C@H](CO)C(O)C1O. The van der Waals surface area contributed by atoms with Crippen LogP contribution in [0.3, 0.4) is 0 Å². The van der Waals surface area contributed by atoms with Crippen molar-refractivity contribution in [2.75, 3.05) is 36.7 Å². The molecule has 1 aliphatic heterocycles. The summed E-state index contributed by atoms with van der Waals surface area (Å²) in [7, 11) is 3.68. The maximum absolute atomic E-state index is 10.5. The van der Waals surface area contributed by atoms with Crippen LogP contribution in [0.2, 0.25) is 0 Å². The number of aliphatic hydroxyl groups excluding tert-OH is 3. The maximum Gasteiger partial charge on any atom is 0.228 e. The highest BCUT2D eigenvalue weighted by atomic mass is 32.2. The Hall–Kier alpha value is -2.55. The van der Waals surface area contributed by atoms with Gasteiger partial charge in [-0.15, -0.1) is 11.3 Å². The number of ether oxygens (including phenoxy) is 1. The molecule has 0 radical (unpaired) electrons. The number of fused-ring (bicyclic) bond motifs is 2. The Bertz CT molecular complexity index is 1300. The predicted molar refractivity (Wildman–Crippen MR) is 136 cm³/mol. The van der Waals surface area contributed by atoms with Gasteiger partial charge in [0.1, 0.15) is 18.3 Å². The van der Waals surface area contributed by atoms with E-state index in [-0.39, 0.29) is 6.04 Å². The normalized spacial score (nSPS) is 23.3. The van der Waals surface area contributed by atoms with Crippen LogP contribution in [-0.2, 0) is 4.74 Å². The van der Waals surface area contributed by atoms with E-state index in [4.69, 9.17) is 4.74 Å². The summed E-state index contributed by atoms with van der Waals surface area (Å²) in [5, 5.41) is 33.6. The van der Waals surface area contributed by atoms with Crippen LogP contribution in [0.25, 0.3) is 21.4 Å². The molecule has 0 saturated carbocycles. The fourth-order valence-corrected chi connectivity index (χ4v) is 5.93. The topological polar surface area (TPSA) is 142 Å². The largest absolute Gasteiger partial charge is 0.394 e. The number of aromatic nitrogens is 5. The van der Waals surface area contributed by atoms with Gasteiger partial charge in [-0.1, -0.05) is 23.9 Å². The van der Waals surface area contributed by atoms with Crippen molar-refractivity contribution in [3.05, 3.63) is 30.6 Å². The molecule has 4 aromatic rings. The number of imidazole rings is 1. The fraction of sp³-hybridized carbons (Fsp3) is 0.455. The van der Waals surface area contributed by atoms with E-state index in [0.717, 1.165) is 15.6 Å². The molecular formula is C22H27N7O4S2. The van der Waals surface area contributed by atoms with Crippen molar-refractivity contribution in [2.24, 2.45) is 0 Å². The smallest absolute Gasteiger partial charge is 0.228 e. The average Bonchev–Trinajstić information content (AvgIpc) is 3.53. The number of rotatable bonds is 8. The molecule has 1 aromatic carbocycles. The molecular weight excluding hydrogens is 490 g/mol. The zero-order valence-corrected chi connectivity index (χ0v) is 21.1. The molecule has 0 spiro atoms. The van der Waals surface area contributed by atoms with Gasteiger partial charge in [0.2, 0.25) is 5.95 Å². The molecule has 1 aliphatic rings. The van der Waals surface area contributed by atoms with Crippen LogP contribution in [0, 0.1) is 0 Å². The number of thioether (sulfide) groups is 1. The molecule has 5 atom stereocenters. The summed E-state index contributed by atoms with van der Waals surface area (Å²) in [6, 6.07) is 8.13. The molecule has 1 saturated heterocycles. The quantitative estimate of drug-likeness (QED) is 0.254. The Morgan fingerprint density at radius 2 is 2.00 bits per heavy atom. The van der Waals surface area contributed by atoms with Gasteiger partial charge in [-0.3, -0.25) is 4.57 Å². The predicted octanol–water partition coefficient (Wildman–Crippen LogP) is 1.71. The lowest BCUT2D eigenvalue weighted by Crippen LogP contribution is -2.33. The highest BCUT2D eigenvalue weighted by molar-refractivity contribution is 8.01. The lowest BCUT2D eigenvalue weighted by atomic mass is 10.1. The van der Waals surface area contributed by atoms with E-state index in [9.17, 15) is 15.3 Å². The number of nitrogens with one attached hydrogen (secondary N) is 1. The molecule has 13 heteroatoms. The molecule has 5 rings (SSSR count). The van der Waals surface area contributed by atoms with Crippen LogP contribution in [0.15, 0.2) is 34.9 Å². The van der Waals surface area contributed by atoms with E-state index < -0.39 is 31.1 Å². The minimum Gasteiger partial charge on any atom is -0.394 e. The highest BCUT2D eigenvalue weighted by Crippen LogP contribution is 2.34. The number of para-hydroxylation sites is 1. The van der Waals surface area contributed by atoms with E-state index in [1.165, 1.54) is 11.0 Å². The highest BCUT2D eigenvalue weighted by Gasteiger charge is 2.44. The summed E-state index contributed by atoms with van der Waals surface area (Å²) in [5.41, 5.74) is 1.97. The summed E-state index contributed by atoms with van der Waals surface area (Å²) in [5.74, 6) is 1.78. The number of hydrogen-bond donors (Lipinski definition) is 4. The van der Waals surface area contributed by atoms with Crippen LogP contribution < -0.4 is 10.2 Å². The van der Waals surface area contributed by atoms with Crippen molar-refractivity contribution >= 4 is 56.2 Å². The number of nitrogens with zero attached hydrogens (tertiary/aromatic N) is 6. The van der Waals surface area contributed by atoms with Gasteiger partial charge in [-0.25, -0.2) is 9.97 Å². The van der Waals surface area contributed by atoms with Gasteiger partial charge >= 0.3 is 0 Å². The summed E-state index contributed by atoms with van der Waals surface area (Å²) in [4.78, 5) is 20.2. The second-order valence-corrected chi connectivity index (χ2v) is 10.9. The minimum atomic E-state index is -1.23. The van der Waals surface area contributed by atoms with Crippen molar-refractivity contribution in [2.45, 2.75) is 41.8 Å². The summed E-state index contributed by atoms with van der Waals surface area (Å²) in [6.45, 7) is 1.66.